The van der Waals surface area contributed by atoms with Crippen LogP contribution in [0.5, 0.6) is 5.88 Å². The summed E-state index contributed by atoms with van der Waals surface area (Å²) in [6.07, 6.45) is 8.52. The maximum absolute atomic E-state index is 13.2. The van der Waals surface area contributed by atoms with Crippen molar-refractivity contribution in [1.82, 2.24) is 24.5 Å². The number of nitrogens with zero attached hydrogens (tertiary/aromatic N) is 6. The Morgan fingerprint density at radius 3 is 2.73 bits per heavy atom. The average molecular weight is 447 g/mol. The number of fused-ring (bicyclic) bond motifs is 1. The van der Waals surface area contributed by atoms with Crippen LogP contribution in [-0.2, 0) is 0 Å². The van der Waals surface area contributed by atoms with Crippen LogP contribution in [-0.4, -0.2) is 31.6 Å². The first-order valence-electron chi connectivity index (χ1n) is 10.1. The lowest BCUT2D eigenvalue weighted by Crippen LogP contribution is -2.11. The second-order valence-corrected chi connectivity index (χ2v) is 7.11. The van der Waals surface area contributed by atoms with Gasteiger partial charge in [-0.15, -0.1) is 0 Å². The SMILES string of the molecule is CCC(/C(=C/Nc1ccc(F)cc1)N=N)n1cc(-c2cncnc2OC)c2c(N)ncnc21. The number of nitrogens with one attached hydrogen (secondary N) is 2. The van der Waals surface area contributed by atoms with Crippen molar-refractivity contribution in [2.45, 2.75) is 19.4 Å². The summed E-state index contributed by atoms with van der Waals surface area (Å²) in [4.78, 5) is 16.9. The molecule has 4 rings (SSSR count). The molecule has 0 spiro atoms. The molecule has 0 bridgehead atoms. The van der Waals surface area contributed by atoms with Crippen LogP contribution in [0.1, 0.15) is 19.4 Å². The molecule has 0 aliphatic rings. The van der Waals surface area contributed by atoms with Crippen LogP contribution < -0.4 is 15.8 Å². The van der Waals surface area contributed by atoms with Gasteiger partial charge in [0, 0.05) is 29.8 Å². The average Bonchev–Trinajstić information content (AvgIpc) is 3.23. The van der Waals surface area contributed by atoms with Crippen molar-refractivity contribution in [2.75, 3.05) is 18.2 Å². The Balaban J connectivity index is 1.83. The van der Waals surface area contributed by atoms with Crippen molar-refractivity contribution in [3.05, 3.63) is 67.0 Å². The van der Waals surface area contributed by atoms with Gasteiger partial charge >= 0.3 is 0 Å². The van der Waals surface area contributed by atoms with Crippen LogP contribution in [0.25, 0.3) is 22.2 Å². The first-order valence-corrected chi connectivity index (χ1v) is 10.1. The first-order chi connectivity index (χ1) is 16.1. The lowest BCUT2D eigenvalue weighted by atomic mass is 10.1. The van der Waals surface area contributed by atoms with E-state index in [4.69, 9.17) is 16.0 Å². The predicted octanol–water partition coefficient (Wildman–Crippen LogP) is 4.55. The Kier molecular flexibility index (Phi) is 6.20. The Hall–Kier alpha value is -4.41. The second kappa shape index (κ2) is 9.39. The van der Waals surface area contributed by atoms with Gasteiger partial charge in [0.2, 0.25) is 5.88 Å². The van der Waals surface area contributed by atoms with Gasteiger partial charge in [-0.05, 0) is 30.7 Å². The van der Waals surface area contributed by atoms with Gasteiger partial charge in [0.1, 0.15) is 35.6 Å². The number of nitrogen functional groups attached to an aromatic ring is 1. The first kappa shape index (κ1) is 21.8. The molecule has 1 unspecified atom stereocenters. The number of allylic oxidation sites excluding steroid dienone is 1. The zero-order chi connectivity index (χ0) is 23.4. The smallest absolute Gasteiger partial charge is 0.224 e. The largest absolute Gasteiger partial charge is 0.480 e. The molecule has 1 atom stereocenters. The van der Waals surface area contributed by atoms with Crippen LogP contribution in [0.15, 0.2) is 66.3 Å². The van der Waals surface area contributed by atoms with E-state index in [1.54, 1.807) is 24.5 Å². The number of benzene rings is 1. The fourth-order valence-corrected chi connectivity index (χ4v) is 3.67. The number of hydrogen-bond acceptors (Lipinski definition) is 9. The molecular formula is C22H22FN9O. The molecule has 33 heavy (non-hydrogen) atoms. The van der Waals surface area contributed by atoms with Crippen LogP contribution >= 0.6 is 0 Å². The predicted molar refractivity (Wildman–Crippen MR) is 122 cm³/mol. The molecule has 3 aromatic heterocycles. The van der Waals surface area contributed by atoms with E-state index in [0.29, 0.717) is 51.7 Å². The van der Waals surface area contributed by atoms with E-state index in [2.05, 4.69) is 30.4 Å². The molecule has 0 saturated heterocycles. The molecule has 10 nitrogen and oxygen atoms in total. The number of anilines is 2. The Morgan fingerprint density at radius 1 is 1.24 bits per heavy atom. The molecule has 3 heterocycles. The van der Waals surface area contributed by atoms with Gasteiger partial charge in [-0.25, -0.2) is 29.9 Å². The fraction of sp³-hybridized carbons (Fsp3) is 0.182. The van der Waals surface area contributed by atoms with Crippen LogP contribution in [0, 0.1) is 11.3 Å². The van der Waals surface area contributed by atoms with Gasteiger partial charge in [-0.3, -0.25) is 0 Å². The van der Waals surface area contributed by atoms with Crippen molar-refractivity contribution in [1.29, 1.82) is 5.53 Å². The maximum Gasteiger partial charge on any atom is 0.224 e. The Labute approximate surface area is 188 Å². The molecule has 4 N–H and O–H groups in total. The van der Waals surface area contributed by atoms with Crippen LogP contribution in [0.2, 0.25) is 0 Å². The monoisotopic (exact) mass is 447 g/mol. The molecular weight excluding hydrogens is 425 g/mol. The van der Waals surface area contributed by atoms with E-state index in [1.165, 1.54) is 31.9 Å². The number of methoxy groups -OCH3 is 1. The normalized spacial score (nSPS) is 12.5. The van der Waals surface area contributed by atoms with Crippen molar-refractivity contribution >= 4 is 22.5 Å². The van der Waals surface area contributed by atoms with Crippen LogP contribution in [0.4, 0.5) is 15.9 Å². The van der Waals surface area contributed by atoms with Gasteiger partial charge in [-0.1, -0.05) is 6.92 Å². The third kappa shape index (κ3) is 4.20. The molecule has 11 heteroatoms. The van der Waals surface area contributed by atoms with Crippen molar-refractivity contribution in [3.63, 3.8) is 0 Å². The second-order valence-electron chi connectivity index (χ2n) is 7.11. The van der Waals surface area contributed by atoms with Gasteiger partial charge in [0.05, 0.1) is 24.1 Å². The van der Waals surface area contributed by atoms with E-state index in [-0.39, 0.29) is 11.9 Å². The van der Waals surface area contributed by atoms with Crippen molar-refractivity contribution in [2.24, 2.45) is 5.11 Å². The fourth-order valence-electron chi connectivity index (χ4n) is 3.67. The topological polar surface area (TPSA) is 140 Å². The van der Waals surface area contributed by atoms with Gasteiger partial charge in [0.25, 0.3) is 0 Å². The highest BCUT2D eigenvalue weighted by molar-refractivity contribution is 6.01. The minimum Gasteiger partial charge on any atom is -0.480 e. The molecule has 0 amide bonds. The lowest BCUT2D eigenvalue weighted by molar-refractivity contribution is 0.398. The highest BCUT2D eigenvalue weighted by Gasteiger charge is 2.24. The van der Waals surface area contributed by atoms with E-state index >= 15 is 0 Å². The van der Waals surface area contributed by atoms with Gasteiger partial charge in [0.15, 0.2) is 0 Å². The van der Waals surface area contributed by atoms with E-state index < -0.39 is 0 Å². The summed E-state index contributed by atoms with van der Waals surface area (Å²) in [6.45, 7) is 1.98. The summed E-state index contributed by atoms with van der Waals surface area (Å²) in [5, 5.41) is 7.44. The molecule has 1 aromatic carbocycles. The van der Waals surface area contributed by atoms with Gasteiger partial charge < -0.3 is 20.4 Å². The molecule has 0 aliphatic heterocycles. The molecule has 168 valence electrons. The highest BCUT2D eigenvalue weighted by Crippen LogP contribution is 2.39. The zero-order valence-electron chi connectivity index (χ0n) is 18.0. The standard InChI is InChI=1S/C22H22FN9O/c1-3-18(17(31-25)9-27-14-6-4-13(23)5-7-14)32-10-16(15-8-26-11-30-22(15)33-2)19-20(24)28-12-29-21(19)32/h4-12,18,25,27H,3H2,1-2H3,(H2,24,28,29)/b17-9-,31-25?. The number of ether oxygens (including phenoxy) is 1. The van der Waals surface area contributed by atoms with Crippen molar-refractivity contribution in [3.8, 4) is 17.0 Å². The highest BCUT2D eigenvalue weighted by atomic mass is 19.1. The quantitative estimate of drug-likeness (QED) is 0.336. The van der Waals surface area contributed by atoms with Gasteiger partial charge in [-0.2, -0.15) is 5.11 Å². The summed E-state index contributed by atoms with van der Waals surface area (Å²) in [5.41, 5.74) is 17.0. The van der Waals surface area contributed by atoms with E-state index in [0.717, 1.165) is 0 Å². The minimum atomic E-state index is -0.350. The molecule has 0 fully saturated rings. The summed E-state index contributed by atoms with van der Waals surface area (Å²) >= 11 is 0. The molecule has 0 radical (unpaired) electrons. The Bertz CT molecular complexity index is 1320. The third-order valence-corrected chi connectivity index (χ3v) is 5.22. The number of halogens is 1. The van der Waals surface area contributed by atoms with Crippen LogP contribution in [0.3, 0.4) is 0 Å². The molecule has 0 aliphatic carbocycles. The minimum absolute atomic E-state index is 0.298. The summed E-state index contributed by atoms with van der Waals surface area (Å²) in [6, 6.07) is 5.56. The molecule has 4 aromatic rings. The summed E-state index contributed by atoms with van der Waals surface area (Å²) in [5.74, 6) is 0.358. The summed E-state index contributed by atoms with van der Waals surface area (Å²) in [7, 11) is 1.53. The lowest BCUT2D eigenvalue weighted by Gasteiger charge is -2.18. The number of aromatic nitrogens is 5. The number of hydrogen-bond donors (Lipinski definition) is 3. The van der Waals surface area contributed by atoms with Crippen molar-refractivity contribution < 1.29 is 9.13 Å². The zero-order valence-corrected chi connectivity index (χ0v) is 18.0. The van der Waals surface area contributed by atoms with E-state index in [1.807, 2.05) is 17.7 Å². The maximum atomic E-state index is 13.2. The summed E-state index contributed by atoms with van der Waals surface area (Å²) < 4.78 is 20.5. The number of nitrogens with two attached hydrogens (primary N) is 1. The molecule has 0 saturated carbocycles. The third-order valence-electron chi connectivity index (χ3n) is 5.22. The Morgan fingerprint density at radius 2 is 2.03 bits per heavy atom. The number of rotatable bonds is 8. The van der Waals surface area contributed by atoms with E-state index in [9.17, 15) is 4.39 Å².